The number of H-pyrrole nitrogens is 1. The highest BCUT2D eigenvalue weighted by atomic mass is 32.1. The molecule has 2 atom stereocenters. The minimum Gasteiger partial charge on any atom is -0.301 e. The number of nitrogens with one attached hydrogen (secondary N) is 1. The molecule has 1 saturated carbocycles. The molecule has 2 unspecified atom stereocenters. The van der Waals surface area contributed by atoms with Crippen LogP contribution >= 0.6 is 12.2 Å². The van der Waals surface area contributed by atoms with Crippen LogP contribution < -0.4 is 0 Å². The number of nitrogens with zero attached hydrogens (tertiary/aromatic N) is 2. The van der Waals surface area contributed by atoms with Crippen LogP contribution in [0.5, 0.6) is 0 Å². The zero-order chi connectivity index (χ0) is 13.3. The monoisotopic (exact) mass is 267 g/mol. The van der Waals surface area contributed by atoms with Crippen molar-refractivity contribution in [2.45, 2.75) is 65.3 Å². The van der Waals surface area contributed by atoms with Gasteiger partial charge in [-0.05, 0) is 36.9 Å². The van der Waals surface area contributed by atoms with Crippen molar-refractivity contribution >= 4 is 12.2 Å². The van der Waals surface area contributed by atoms with Gasteiger partial charge in [0.05, 0.1) is 0 Å². The van der Waals surface area contributed by atoms with Gasteiger partial charge in [-0.2, -0.15) is 5.10 Å². The lowest BCUT2D eigenvalue weighted by molar-refractivity contribution is 0.179. The normalized spacial score (nSPS) is 25.0. The number of rotatable bonds is 3. The lowest BCUT2D eigenvalue weighted by atomic mass is 9.77. The zero-order valence-corrected chi connectivity index (χ0v) is 12.8. The molecule has 0 bridgehead atoms. The highest BCUT2D eigenvalue weighted by Crippen LogP contribution is 2.39. The Kier molecular flexibility index (Phi) is 4.25. The third kappa shape index (κ3) is 2.53. The zero-order valence-electron chi connectivity index (χ0n) is 11.9. The van der Waals surface area contributed by atoms with E-state index in [1.165, 1.54) is 25.7 Å². The molecule has 1 aromatic heterocycles. The van der Waals surface area contributed by atoms with E-state index in [9.17, 15) is 0 Å². The van der Waals surface area contributed by atoms with Gasteiger partial charge in [-0.1, -0.05) is 40.5 Å². The van der Waals surface area contributed by atoms with Crippen LogP contribution in [0.15, 0.2) is 0 Å². The van der Waals surface area contributed by atoms with Crippen LogP contribution in [-0.4, -0.2) is 14.8 Å². The molecule has 4 heteroatoms. The molecule has 1 aromatic rings. The summed E-state index contributed by atoms with van der Waals surface area (Å²) < 4.78 is 3.11. The molecule has 0 saturated heterocycles. The van der Waals surface area contributed by atoms with E-state index in [0.717, 1.165) is 16.5 Å². The maximum atomic E-state index is 5.46. The summed E-state index contributed by atoms with van der Waals surface area (Å²) in [6, 6.07) is 0.544. The third-order valence-electron chi connectivity index (χ3n) is 4.22. The lowest BCUT2D eigenvalue weighted by Crippen LogP contribution is -2.28. The number of hydrogen-bond acceptors (Lipinski definition) is 2. The molecule has 0 radical (unpaired) electrons. The van der Waals surface area contributed by atoms with Gasteiger partial charge in [0.1, 0.15) is 5.82 Å². The van der Waals surface area contributed by atoms with Gasteiger partial charge in [0.15, 0.2) is 4.77 Å². The Labute approximate surface area is 115 Å². The molecule has 0 amide bonds. The average molecular weight is 267 g/mol. The van der Waals surface area contributed by atoms with E-state index < -0.39 is 0 Å². The smallest absolute Gasteiger partial charge is 0.195 e. The van der Waals surface area contributed by atoms with Crippen LogP contribution in [0.4, 0.5) is 0 Å². The molecule has 1 aliphatic rings. The van der Waals surface area contributed by atoms with E-state index in [2.05, 4.69) is 42.5 Å². The SMILES string of the molecule is CC(C)c1n[nH]c(=S)n1C1CCCCC1C(C)C. The Morgan fingerprint density at radius 2 is 1.89 bits per heavy atom. The van der Waals surface area contributed by atoms with Gasteiger partial charge in [0, 0.05) is 12.0 Å². The van der Waals surface area contributed by atoms with Crippen molar-refractivity contribution in [1.29, 1.82) is 0 Å². The predicted molar refractivity (Wildman–Crippen MR) is 77.3 cm³/mol. The first-order valence-corrected chi connectivity index (χ1v) is 7.60. The minimum atomic E-state index is 0.424. The molecule has 3 nitrogen and oxygen atoms in total. The van der Waals surface area contributed by atoms with Crippen molar-refractivity contribution in [3.05, 3.63) is 10.6 Å². The van der Waals surface area contributed by atoms with Crippen molar-refractivity contribution in [3.63, 3.8) is 0 Å². The van der Waals surface area contributed by atoms with Crippen LogP contribution in [0, 0.1) is 16.6 Å². The summed E-state index contributed by atoms with van der Waals surface area (Å²) in [6.07, 6.45) is 5.25. The van der Waals surface area contributed by atoms with E-state index in [0.29, 0.717) is 17.9 Å². The van der Waals surface area contributed by atoms with Gasteiger partial charge in [-0.25, -0.2) is 0 Å². The second-order valence-electron chi connectivity index (χ2n) is 6.17. The number of aromatic amines is 1. The van der Waals surface area contributed by atoms with Crippen LogP contribution in [-0.2, 0) is 0 Å². The highest BCUT2D eigenvalue weighted by molar-refractivity contribution is 7.71. The summed E-state index contributed by atoms with van der Waals surface area (Å²) in [7, 11) is 0. The summed E-state index contributed by atoms with van der Waals surface area (Å²) in [6.45, 7) is 9.05. The first-order chi connectivity index (χ1) is 8.52. The van der Waals surface area contributed by atoms with Gasteiger partial charge in [-0.15, -0.1) is 0 Å². The Balaban J connectivity index is 2.39. The number of hydrogen-bond donors (Lipinski definition) is 1. The Morgan fingerprint density at radius 1 is 1.22 bits per heavy atom. The molecular weight excluding hydrogens is 242 g/mol. The average Bonchev–Trinajstić information content (AvgIpc) is 2.71. The Bertz CT molecular complexity index is 444. The first-order valence-electron chi connectivity index (χ1n) is 7.19. The maximum absolute atomic E-state index is 5.46. The minimum absolute atomic E-state index is 0.424. The van der Waals surface area contributed by atoms with E-state index in [-0.39, 0.29) is 0 Å². The molecule has 1 heterocycles. The summed E-state index contributed by atoms with van der Waals surface area (Å²) in [5, 5.41) is 7.42. The third-order valence-corrected chi connectivity index (χ3v) is 4.51. The summed E-state index contributed by atoms with van der Waals surface area (Å²) in [4.78, 5) is 0. The van der Waals surface area contributed by atoms with Crippen molar-refractivity contribution in [1.82, 2.24) is 14.8 Å². The molecule has 1 aliphatic carbocycles. The molecule has 1 fully saturated rings. The molecule has 2 rings (SSSR count). The standard InChI is InChI=1S/C14H25N3S/c1-9(2)11-7-5-6-8-12(11)17-13(10(3)4)15-16-14(17)18/h9-12H,5-8H2,1-4H3,(H,16,18). The van der Waals surface area contributed by atoms with Crippen molar-refractivity contribution in [2.75, 3.05) is 0 Å². The fourth-order valence-corrected chi connectivity index (χ4v) is 3.56. The largest absolute Gasteiger partial charge is 0.301 e. The van der Waals surface area contributed by atoms with Crippen LogP contribution in [0.1, 0.15) is 71.2 Å². The second-order valence-corrected chi connectivity index (χ2v) is 6.56. The predicted octanol–water partition coefficient (Wildman–Crippen LogP) is 4.45. The van der Waals surface area contributed by atoms with Crippen LogP contribution in [0.25, 0.3) is 0 Å². The van der Waals surface area contributed by atoms with E-state index in [4.69, 9.17) is 12.2 Å². The topological polar surface area (TPSA) is 33.6 Å². The molecule has 0 spiro atoms. The van der Waals surface area contributed by atoms with Crippen molar-refractivity contribution < 1.29 is 0 Å². The van der Waals surface area contributed by atoms with Crippen LogP contribution in [0.3, 0.4) is 0 Å². The second kappa shape index (κ2) is 5.55. The molecule has 1 N–H and O–H groups in total. The quantitative estimate of drug-likeness (QED) is 0.821. The first kappa shape index (κ1) is 13.8. The summed E-state index contributed by atoms with van der Waals surface area (Å²) >= 11 is 5.46. The van der Waals surface area contributed by atoms with Gasteiger partial charge < -0.3 is 4.57 Å². The van der Waals surface area contributed by atoms with E-state index in [1.807, 2.05) is 0 Å². The van der Waals surface area contributed by atoms with Crippen LogP contribution in [0.2, 0.25) is 0 Å². The van der Waals surface area contributed by atoms with E-state index >= 15 is 0 Å². The Morgan fingerprint density at radius 3 is 2.50 bits per heavy atom. The van der Waals surface area contributed by atoms with Crippen molar-refractivity contribution in [2.24, 2.45) is 11.8 Å². The molecule has 102 valence electrons. The fourth-order valence-electron chi connectivity index (χ4n) is 3.28. The van der Waals surface area contributed by atoms with Gasteiger partial charge in [-0.3, -0.25) is 5.10 Å². The highest BCUT2D eigenvalue weighted by Gasteiger charge is 2.31. The molecule has 0 aromatic carbocycles. The van der Waals surface area contributed by atoms with Gasteiger partial charge in [0.25, 0.3) is 0 Å². The number of aromatic nitrogens is 3. The van der Waals surface area contributed by atoms with Gasteiger partial charge in [0.2, 0.25) is 0 Å². The van der Waals surface area contributed by atoms with E-state index in [1.54, 1.807) is 0 Å². The summed E-state index contributed by atoms with van der Waals surface area (Å²) in [5.41, 5.74) is 0. The fraction of sp³-hybridized carbons (Fsp3) is 0.857. The lowest BCUT2D eigenvalue weighted by Gasteiger charge is -2.36. The maximum Gasteiger partial charge on any atom is 0.195 e. The summed E-state index contributed by atoms with van der Waals surface area (Å²) in [5.74, 6) is 3.00. The Hall–Kier alpha value is -0.640. The molecule has 18 heavy (non-hydrogen) atoms. The van der Waals surface area contributed by atoms with Gasteiger partial charge >= 0.3 is 0 Å². The molecular formula is C14H25N3S. The van der Waals surface area contributed by atoms with Crippen molar-refractivity contribution in [3.8, 4) is 0 Å². The molecule has 0 aliphatic heterocycles.